The summed E-state index contributed by atoms with van der Waals surface area (Å²) in [6.07, 6.45) is 0.728. The number of hydrogen-bond donors (Lipinski definition) is 1. The van der Waals surface area contributed by atoms with E-state index in [4.69, 9.17) is 11.6 Å². The van der Waals surface area contributed by atoms with E-state index in [2.05, 4.69) is 5.32 Å². The van der Waals surface area contributed by atoms with Crippen LogP contribution >= 0.6 is 22.9 Å². The summed E-state index contributed by atoms with van der Waals surface area (Å²) in [4.78, 5) is 26.6. The van der Waals surface area contributed by atoms with Gasteiger partial charge in [-0.3, -0.25) is 14.9 Å². The molecular weight excluding hydrogens is 458 g/mol. The predicted octanol–water partition coefficient (Wildman–Crippen LogP) is 7.06. The van der Waals surface area contributed by atoms with Crippen molar-refractivity contribution in [3.8, 4) is 0 Å². The predicted molar refractivity (Wildman–Crippen MR) is 134 cm³/mol. The van der Waals surface area contributed by atoms with Gasteiger partial charge in [0.15, 0.2) is 0 Å². The second-order valence-electron chi connectivity index (χ2n) is 8.06. The molecule has 3 aromatic carbocycles. The monoisotopic (exact) mass is 477 g/mol. The molecule has 0 fully saturated rings. The van der Waals surface area contributed by atoms with Gasteiger partial charge < -0.3 is 10.2 Å². The maximum atomic E-state index is 13.7. The van der Waals surface area contributed by atoms with E-state index < -0.39 is 4.92 Å². The average molecular weight is 478 g/mol. The molecule has 33 heavy (non-hydrogen) atoms. The highest BCUT2D eigenvalue weighted by Gasteiger charge is 2.35. The van der Waals surface area contributed by atoms with Crippen LogP contribution in [0.5, 0.6) is 0 Å². The lowest BCUT2D eigenvalue weighted by Gasteiger charge is -2.39. The highest BCUT2D eigenvalue weighted by Crippen LogP contribution is 2.43. The van der Waals surface area contributed by atoms with E-state index in [0.717, 1.165) is 23.4 Å². The van der Waals surface area contributed by atoms with Crippen LogP contribution in [-0.4, -0.2) is 16.9 Å². The van der Waals surface area contributed by atoms with Crippen LogP contribution in [0.2, 0.25) is 5.02 Å². The SMILES string of the molecule is C[C@H]1C[C@@H](Nc2ccccc2)c2ccccc2N1C(=O)c1sc2cc([N+](=O)[O-])ccc2c1Cl. The van der Waals surface area contributed by atoms with E-state index in [9.17, 15) is 14.9 Å². The highest BCUT2D eigenvalue weighted by atomic mass is 35.5. The van der Waals surface area contributed by atoms with Gasteiger partial charge in [0.2, 0.25) is 0 Å². The topological polar surface area (TPSA) is 75.5 Å². The van der Waals surface area contributed by atoms with Gasteiger partial charge in [-0.05, 0) is 43.2 Å². The third-order valence-corrected chi connectivity index (χ3v) is 7.59. The fraction of sp³-hybridized carbons (Fsp3) is 0.160. The largest absolute Gasteiger partial charge is 0.378 e. The zero-order chi connectivity index (χ0) is 23.1. The van der Waals surface area contributed by atoms with Gasteiger partial charge in [0.1, 0.15) is 4.88 Å². The van der Waals surface area contributed by atoms with Crippen LogP contribution in [0.1, 0.15) is 34.6 Å². The number of non-ortho nitro benzene ring substituents is 1. The number of nitrogens with one attached hydrogen (secondary N) is 1. The van der Waals surface area contributed by atoms with Gasteiger partial charge in [-0.25, -0.2) is 0 Å². The molecule has 0 saturated carbocycles. The van der Waals surface area contributed by atoms with Gasteiger partial charge >= 0.3 is 0 Å². The third-order valence-electron chi connectivity index (χ3n) is 5.94. The summed E-state index contributed by atoms with van der Waals surface area (Å²) in [6, 6.07) is 22.4. The lowest BCUT2D eigenvalue weighted by atomic mass is 9.91. The normalized spacial score (nSPS) is 17.6. The average Bonchev–Trinajstić information content (AvgIpc) is 3.15. The molecule has 1 amide bonds. The van der Waals surface area contributed by atoms with Crippen LogP contribution in [0.15, 0.2) is 72.8 Å². The van der Waals surface area contributed by atoms with Crippen molar-refractivity contribution in [1.82, 2.24) is 0 Å². The van der Waals surface area contributed by atoms with E-state index in [1.54, 1.807) is 11.0 Å². The number of para-hydroxylation sites is 2. The summed E-state index contributed by atoms with van der Waals surface area (Å²) >= 11 is 7.79. The fourth-order valence-corrected chi connectivity index (χ4v) is 5.89. The highest BCUT2D eigenvalue weighted by molar-refractivity contribution is 7.21. The Morgan fingerprint density at radius 2 is 1.85 bits per heavy atom. The molecule has 0 aliphatic carbocycles. The Morgan fingerprint density at radius 3 is 2.61 bits per heavy atom. The van der Waals surface area contributed by atoms with Crippen molar-refractivity contribution < 1.29 is 9.72 Å². The molecule has 5 rings (SSSR count). The van der Waals surface area contributed by atoms with Crippen molar-refractivity contribution in [2.45, 2.75) is 25.4 Å². The molecule has 0 bridgehead atoms. The van der Waals surface area contributed by atoms with Gasteiger partial charge in [0, 0.05) is 39.6 Å². The third kappa shape index (κ3) is 3.83. The van der Waals surface area contributed by atoms with Crippen molar-refractivity contribution in [3.63, 3.8) is 0 Å². The number of amides is 1. The zero-order valence-corrected chi connectivity index (χ0v) is 19.3. The van der Waals surface area contributed by atoms with Crippen LogP contribution in [0.25, 0.3) is 10.1 Å². The van der Waals surface area contributed by atoms with E-state index >= 15 is 0 Å². The molecule has 0 spiro atoms. The molecule has 6 nitrogen and oxygen atoms in total. The number of carbonyl (C=O) groups excluding carboxylic acids is 1. The van der Waals surface area contributed by atoms with Crippen molar-refractivity contribution in [1.29, 1.82) is 0 Å². The second kappa shape index (κ2) is 8.50. The molecule has 1 aliphatic rings. The van der Waals surface area contributed by atoms with Crippen molar-refractivity contribution in [2.24, 2.45) is 0 Å². The number of carbonyl (C=O) groups is 1. The van der Waals surface area contributed by atoms with Gasteiger partial charge in [0.05, 0.1) is 16.0 Å². The molecule has 1 N–H and O–H groups in total. The van der Waals surface area contributed by atoms with Gasteiger partial charge in [-0.15, -0.1) is 11.3 Å². The first kappa shape index (κ1) is 21.4. The maximum absolute atomic E-state index is 13.7. The summed E-state index contributed by atoms with van der Waals surface area (Å²) in [5.41, 5.74) is 2.89. The smallest absolute Gasteiger partial charge is 0.270 e. The molecule has 0 radical (unpaired) electrons. The minimum atomic E-state index is -0.447. The van der Waals surface area contributed by atoms with Crippen molar-refractivity contribution in [3.05, 3.63) is 98.4 Å². The Labute approximate surface area is 199 Å². The first-order chi connectivity index (χ1) is 15.9. The Balaban J connectivity index is 1.53. The lowest BCUT2D eigenvalue weighted by molar-refractivity contribution is -0.384. The molecule has 166 valence electrons. The quantitative estimate of drug-likeness (QED) is 0.252. The van der Waals surface area contributed by atoms with E-state index in [1.165, 1.54) is 23.5 Å². The number of nitro benzene ring substituents is 1. The van der Waals surface area contributed by atoms with Crippen LogP contribution in [-0.2, 0) is 0 Å². The minimum Gasteiger partial charge on any atom is -0.378 e. The number of benzene rings is 3. The number of nitrogens with zero attached hydrogens (tertiary/aromatic N) is 2. The van der Waals surface area contributed by atoms with Crippen LogP contribution in [0.3, 0.4) is 0 Å². The number of rotatable bonds is 4. The van der Waals surface area contributed by atoms with Crippen LogP contribution in [0, 0.1) is 10.1 Å². The summed E-state index contributed by atoms with van der Waals surface area (Å²) in [5, 5.41) is 15.7. The van der Waals surface area contributed by atoms with Crippen LogP contribution in [0.4, 0.5) is 17.1 Å². The molecule has 1 aliphatic heterocycles. The van der Waals surface area contributed by atoms with Crippen molar-refractivity contribution >= 4 is 56.0 Å². The molecule has 1 aromatic heterocycles. The second-order valence-corrected chi connectivity index (χ2v) is 9.49. The molecule has 8 heteroatoms. The standard InChI is InChI=1S/C25H20ClN3O3S/c1-15-13-20(27-16-7-3-2-4-8-16)18-9-5-6-10-21(18)28(15)25(30)24-23(26)19-12-11-17(29(31)32)14-22(19)33-24/h2-12,14-15,20,27H,13H2,1H3/t15-,20+/m0/s1. The summed E-state index contributed by atoms with van der Waals surface area (Å²) in [7, 11) is 0. The van der Waals surface area contributed by atoms with Crippen molar-refractivity contribution in [2.75, 3.05) is 10.2 Å². The number of fused-ring (bicyclic) bond motifs is 2. The number of thiophene rings is 1. The van der Waals surface area contributed by atoms with Gasteiger partial charge in [-0.1, -0.05) is 48.0 Å². The Bertz CT molecular complexity index is 1370. The molecule has 2 heterocycles. The number of halogens is 1. The first-order valence-electron chi connectivity index (χ1n) is 10.5. The fourth-order valence-electron chi connectivity index (χ4n) is 4.41. The minimum absolute atomic E-state index is 0.0223. The summed E-state index contributed by atoms with van der Waals surface area (Å²) in [5.74, 6) is -0.193. The molecular formula is C25H20ClN3O3S. The molecule has 0 unspecified atom stereocenters. The summed E-state index contributed by atoms with van der Waals surface area (Å²) < 4.78 is 0.624. The summed E-state index contributed by atoms with van der Waals surface area (Å²) in [6.45, 7) is 2.03. The first-order valence-corrected chi connectivity index (χ1v) is 11.7. The molecule has 2 atom stereocenters. The molecule has 4 aromatic rings. The van der Waals surface area contributed by atoms with E-state index in [0.29, 0.717) is 20.0 Å². The Kier molecular flexibility index (Phi) is 5.52. The van der Waals surface area contributed by atoms with Gasteiger partial charge in [-0.2, -0.15) is 0 Å². The zero-order valence-electron chi connectivity index (χ0n) is 17.7. The Hall–Kier alpha value is -3.42. The van der Waals surface area contributed by atoms with E-state index in [-0.39, 0.29) is 23.7 Å². The molecule has 0 saturated heterocycles. The number of anilines is 2. The number of hydrogen-bond acceptors (Lipinski definition) is 5. The lowest BCUT2D eigenvalue weighted by Crippen LogP contribution is -2.44. The van der Waals surface area contributed by atoms with Gasteiger partial charge in [0.25, 0.3) is 11.6 Å². The Morgan fingerprint density at radius 1 is 1.12 bits per heavy atom. The van der Waals surface area contributed by atoms with E-state index in [1.807, 2.05) is 61.5 Å². The van der Waals surface area contributed by atoms with Crippen LogP contribution < -0.4 is 10.2 Å². The number of nitro groups is 1. The maximum Gasteiger partial charge on any atom is 0.270 e.